The van der Waals surface area contributed by atoms with Crippen molar-refractivity contribution in [2.24, 2.45) is 5.92 Å². The third-order valence-corrected chi connectivity index (χ3v) is 5.81. The molecule has 1 N–H and O–H groups in total. The lowest BCUT2D eigenvalue weighted by atomic mass is 10.1. The summed E-state index contributed by atoms with van der Waals surface area (Å²) in [6, 6.07) is 8.33. The van der Waals surface area contributed by atoms with Crippen LogP contribution in [0.2, 0.25) is 0 Å². The fourth-order valence-electron chi connectivity index (χ4n) is 3.38. The Morgan fingerprint density at radius 2 is 2.30 bits per heavy atom. The molecular formula is C17H21N3O2S. The van der Waals surface area contributed by atoms with Gasteiger partial charge >= 0.3 is 6.03 Å². The SMILES string of the molecule is O=C(NC[C@@H]1CCOC1)N1CCC[C@@H]1c1nc2ccccc2s1. The molecule has 0 bridgehead atoms. The number of likely N-dealkylation sites (tertiary alicyclic amines) is 1. The fraction of sp³-hybridized carbons (Fsp3) is 0.529. The number of amides is 2. The molecule has 5 nitrogen and oxygen atoms in total. The van der Waals surface area contributed by atoms with Gasteiger partial charge in [-0.1, -0.05) is 12.1 Å². The van der Waals surface area contributed by atoms with Gasteiger partial charge in [-0.25, -0.2) is 9.78 Å². The molecule has 2 aliphatic heterocycles. The zero-order chi connectivity index (χ0) is 15.6. The number of aromatic nitrogens is 1. The van der Waals surface area contributed by atoms with Crippen LogP contribution in [0.1, 0.15) is 30.3 Å². The molecule has 122 valence electrons. The Bertz CT molecular complexity index is 663. The lowest BCUT2D eigenvalue weighted by Gasteiger charge is -2.24. The van der Waals surface area contributed by atoms with Gasteiger partial charge in [0.15, 0.2) is 0 Å². The molecule has 0 saturated carbocycles. The van der Waals surface area contributed by atoms with Crippen LogP contribution in [0.4, 0.5) is 4.79 Å². The van der Waals surface area contributed by atoms with Crippen LogP contribution in [0.5, 0.6) is 0 Å². The van der Waals surface area contributed by atoms with E-state index in [2.05, 4.69) is 11.4 Å². The van der Waals surface area contributed by atoms with Gasteiger partial charge in [0.2, 0.25) is 0 Å². The predicted octanol–water partition coefficient (Wildman–Crippen LogP) is 3.18. The maximum absolute atomic E-state index is 12.6. The molecule has 2 fully saturated rings. The Hall–Kier alpha value is -1.66. The second-order valence-electron chi connectivity index (χ2n) is 6.29. The molecule has 0 unspecified atom stereocenters. The summed E-state index contributed by atoms with van der Waals surface area (Å²) in [6.45, 7) is 3.11. The van der Waals surface area contributed by atoms with Gasteiger partial charge in [-0.05, 0) is 31.4 Å². The largest absolute Gasteiger partial charge is 0.381 e. The number of ether oxygens (including phenoxy) is 1. The van der Waals surface area contributed by atoms with Crippen LogP contribution in [-0.4, -0.2) is 42.2 Å². The summed E-state index contributed by atoms with van der Waals surface area (Å²) in [5, 5.41) is 4.14. The highest BCUT2D eigenvalue weighted by molar-refractivity contribution is 7.18. The molecule has 1 aromatic heterocycles. The highest BCUT2D eigenvalue weighted by atomic mass is 32.1. The summed E-state index contributed by atoms with van der Waals surface area (Å²) in [7, 11) is 0. The second kappa shape index (κ2) is 6.45. The lowest BCUT2D eigenvalue weighted by molar-refractivity contribution is 0.179. The molecule has 23 heavy (non-hydrogen) atoms. The van der Waals surface area contributed by atoms with E-state index < -0.39 is 0 Å². The standard InChI is InChI=1S/C17H21N3O2S/c21-17(18-10-12-7-9-22-11-12)20-8-3-5-14(20)16-19-13-4-1-2-6-15(13)23-16/h1-2,4,6,12,14H,3,5,7-11H2,(H,18,21)/t12-,14+/m0/s1. The van der Waals surface area contributed by atoms with E-state index in [1.807, 2.05) is 23.1 Å². The number of hydrogen-bond donors (Lipinski definition) is 1. The summed E-state index contributed by atoms with van der Waals surface area (Å²) in [5.74, 6) is 0.461. The van der Waals surface area contributed by atoms with Crippen molar-refractivity contribution in [2.75, 3.05) is 26.3 Å². The number of thiazole rings is 1. The summed E-state index contributed by atoms with van der Waals surface area (Å²) in [6.07, 6.45) is 3.09. The number of para-hydroxylation sites is 1. The number of carbonyl (C=O) groups excluding carboxylic acids is 1. The third kappa shape index (κ3) is 3.05. The van der Waals surface area contributed by atoms with Crippen LogP contribution < -0.4 is 5.32 Å². The normalized spacial score (nSPS) is 24.4. The number of benzene rings is 1. The fourth-order valence-corrected chi connectivity index (χ4v) is 4.49. The van der Waals surface area contributed by atoms with Crippen molar-refractivity contribution < 1.29 is 9.53 Å². The molecule has 2 aromatic rings. The molecule has 0 radical (unpaired) electrons. The van der Waals surface area contributed by atoms with Crippen LogP contribution in [0.25, 0.3) is 10.2 Å². The van der Waals surface area contributed by atoms with E-state index in [-0.39, 0.29) is 12.1 Å². The van der Waals surface area contributed by atoms with E-state index in [1.54, 1.807) is 11.3 Å². The van der Waals surface area contributed by atoms with Crippen molar-refractivity contribution in [2.45, 2.75) is 25.3 Å². The van der Waals surface area contributed by atoms with Crippen LogP contribution in [-0.2, 0) is 4.74 Å². The van der Waals surface area contributed by atoms with Gasteiger partial charge in [0, 0.05) is 25.6 Å². The third-order valence-electron chi connectivity index (χ3n) is 4.68. The van der Waals surface area contributed by atoms with Crippen molar-refractivity contribution in [1.82, 2.24) is 15.2 Å². The van der Waals surface area contributed by atoms with E-state index in [0.29, 0.717) is 12.5 Å². The van der Waals surface area contributed by atoms with Gasteiger partial charge in [-0.2, -0.15) is 0 Å². The number of nitrogens with zero attached hydrogens (tertiary/aromatic N) is 2. The maximum Gasteiger partial charge on any atom is 0.318 e. The van der Waals surface area contributed by atoms with Crippen molar-refractivity contribution in [1.29, 1.82) is 0 Å². The van der Waals surface area contributed by atoms with Gasteiger partial charge < -0.3 is 15.0 Å². The van der Waals surface area contributed by atoms with E-state index in [0.717, 1.165) is 49.5 Å². The Kier molecular flexibility index (Phi) is 4.18. The average Bonchev–Trinajstić information content (AvgIpc) is 3.31. The topological polar surface area (TPSA) is 54.5 Å². The van der Waals surface area contributed by atoms with Crippen LogP contribution in [0.3, 0.4) is 0 Å². The first kappa shape index (κ1) is 14.9. The number of fused-ring (bicyclic) bond motifs is 1. The summed E-state index contributed by atoms with van der Waals surface area (Å²) in [5.41, 5.74) is 1.03. The second-order valence-corrected chi connectivity index (χ2v) is 7.35. The lowest BCUT2D eigenvalue weighted by Crippen LogP contribution is -2.41. The summed E-state index contributed by atoms with van der Waals surface area (Å²) < 4.78 is 6.56. The molecule has 2 atom stereocenters. The molecule has 3 heterocycles. The quantitative estimate of drug-likeness (QED) is 0.940. The van der Waals surface area contributed by atoms with Crippen molar-refractivity contribution in [3.8, 4) is 0 Å². The maximum atomic E-state index is 12.6. The average molecular weight is 331 g/mol. The summed E-state index contributed by atoms with van der Waals surface area (Å²) >= 11 is 1.71. The minimum Gasteiger partial charge on any atom is -0.381 e. The van der Waals surface area contributed by atoms with Gasteiger partial charge in [0.1, 0.15) is 5.01 Å². The Labute approximate surface area is 139 Å². The molecular weight excluding hydrogens is 310 g/mol. The molecule has 2 aliphatic rings. The van der Waals surface area contributed by atoms with E-state index in [1.165, 1.54) is 4.70 Å². The van der Waals surface area contributed by atoms with Crippen molar-refractivity contribution >= 4 is 27.6 Å². The van der Waals surface area contributed by atoms with E-state index >= 15 is 0 Å². The molecule has 2 amide bonds. The van der Waals surface area contributed by atoms with Crippen LogP contribution in [0, 0.1) is 5.92 Å². The zero-order valence-corrected chi connectivity index (χ0v) is 13.8. The van der Waals surface area contributed by atoms with Crippen LogP contribution >= 0.6 is 11.3 Å². The van der Waals surface area contributed by atoms with Gasteiger partial charge in [-0.15, -0.1) is 11.3 Å². The first-order valence-electron chi connectivity index (χ1n) is 8.29. The van der Waals surface area contributed by atoms with Gasteiger partial charge in [-0.3, -0.25) is 0 Å². The zero-order valence-electron chi connectivity index (χ0n) is 13.0. The molecule has 6 heteroatoms. The van der Waals surface area contributed by atoms with Gasteiger partial charge in [0.25, 0.3) is 0 Å². The molecule has 1 aromatic carbocycles. The van der Waals surface area contributed by atoms with Crippen molar-refractivity contribution in [3.05, 3.63) is 29.3 Å². The monoisotopic (exact) mass is 331 g/mol. The van der Waals surface area contributed by atoms with E-state index in [4.69, 9.17) is 9.72 Å². The minimum absolute atomic E-state index is 0.0404. The number of urea groups is 1. The van der Waals surface area contributed by atoms with Crippen molar-refractivity contribution in [3.63, 3.8) is 0 Å². The number of carbonyl (C=O) groups is 1. The predicted molar refractivity (Wildman–Crippen MR) is 90.6 cm³/mol. The van der Waals surface area contributed by atoms with Gasteiger partial charge in [0.05, 0.1) is 22.9 Å². The minimum atomic E-state index is 0.0404. The highest BCUT2D eigenvalue weighted by Gasteiger charge is 2.32. The first-order valence-corrected chi connectivity index (χ1v) is 9.10. The number of rotatable bonds is 3. The Morgan fingerprint density at radius 3 is 3.13 bits per heavy atom. The molecule has 4 rings (SSSR count). The first-order chi connectivity index (χ1) is 11.3. The highest BCUT2D eigenvalue weighted by Crippen LogP contribution is 2.36. The Morgan fingerprint density at radius 1 is 1.39 bits per heavy atom. The molecule has 2 saturated heterocycles. The Balaban J connectivity index is 1.46. The molecule has 0 spiro atoms. The number of hydrogen-bond acceptors (Lipinski definition) is 4. The van der Waals surface area contributed by atoms with E-state index in [9.17, 15) is 4.79 Å². The molecule has 0 aliphatic carbocycles. The summed E-state index contributed by atoms with van der Waals surface area (Å²) in [4.78, 5) is 19.2. The van der Waals surface area contributed by atoms with Crippen LogP contribution in [0.15, 0.2) is 24.3 Å². The number of nitrogens with one attached hydrogen (secondary N) is 1. The smallest absolute Gasteiger partial charge is 0.318 e.